The van der Waals surface area contributed by atoms with E-state index in [9.17, 15) is 14.0 Å². The Morgan fingerprint density at radius 1 is 1.27 bits per heavy atom. The molecular weight excluding hydrogens is 403 g/mol. The van der Waals surface area contributed by atoms with Gasteiger partial charge in [-0.2, -0.15) is 0 Å². The molecule has 0 spiro atoms. The minimum Gasteiger partial charge on any atom is -0.464 e. The molecule has 3 rings (SSSR count). The van der Waals surface area contributed by atoms with Crippen molar-refractivity contribution in [1.29, 1.82) is 0 Å². The molecule has 1 unspecified atom stereocenters. The number of esters is 1. The summed E-state index contributed by atoms with van der Waals surface area (Å²) in [5, 5.41) is 0. The molecule has 1 atom stereocenters. The third kappa shape index (κ3) is 3.88. The van der Waals surface area contributed by atoms with E-state index in [1.54, 1.807) is 31.2 Å². The van der Waals surface area contributed by atoms with Crippen molar-refractivity contribution < 1.29 is 18.7 Å². The van der Waals surface area contributed by atoms with Crippen molar-refractivity contribution in [2.24, 2.45) is 0 Å². The molecule has 0 N–H and O–H groups in total. The number of benzene rings is 2. The molecule has 136 valence electrons. The van der Waals surface area contributed by atoms with E-state index in [1.165, 1.54) is 21.9 Å². The summed E-state index contributed by atoms with van der Waals surface area (Å²) in [6.45, 7) is 2.27. The molecule has 1 saturated heterocycles. The van der Waals surface area contributed by atoms with Crippen molar-refractivity contribution in [3.8, 4) is 0 Å². The first-order chi connectivity index (χ1) is 12.5. The number of hydrogen-bond donors (Lipinski definition) is 0. The van der Waals surface area contributed by atoms with Crippen LogP contribution in [0.25, 0.3) is 0 Å². The van der Waals surface area contributed by atoms with E-state index >= 15 is 0 Å². The molecule has 1 heterocycles. The highest BCUT2D eigenvalue weighted by Crippen LogP contribution is 2.27. The quantitative estimate of drug-likeness (QED) is 0.687. The maximum atomic E-state index is 13.5. The molecule has 0 aromatic heterocycles. The second-order valence-electron chi connectivity index (χ2n) is 5.90. The lowest BCUT2D eigenvalue weighted by atomic mass is 10.2. The van der Waals surface area contributed by atoms with Crippen LogP contribution < -0.4 is 4.90 Å². The molecule has 0 radical (unpaired) electrons. The van der Waals surface area contributed by atoms with Crippen molar-refractivity contribution in [2.75, 3.05) is 18.1 Å². The normalized spacial score (nSPS) is 16.9. The lowest BCUT2D eigenvalue weighted by Crippen LogP contribution is -2.40. The Morgan fingerprint density at radius 3 is 2.65 bits per heavy atom. The number of carbonyl (C=O) groups excluding carboxylic acids is 2. The predicted molar refractivity (Wildman–Crippen MR) is 99.2 cm³/mol. The van der Waals surface area contributed by atoms with Crippen LogP contribution in [-0.2, 0) is 16.1 Å². The topological polar surface area (TPSA) is 49.9 Å². The number of amides is 2. The van der Waals surface area contributed by atoms with Crippen LogP contribution in [0, 0.1) is 5.82 Å². The monoisotopic (exact) mass is 420 g/mol. The second kappa shape index (κ2) is 7.86. The van der Waals surface area contributed by atoms with E-state index in [2.05, 4.69) is 15.9 Å². The summed E-state index contributed by atoms with van der Waals surface area (Å²) < 4.78 is 19.5. The number of hydrogen-bond acceptors (Lipinski definition) is 3. The van der Waals surface area contributed by atoms with Gasteiger partial charge in [-0.05, 0) is 48.9 Å². The molecule has 2 amide bonds. The minimum absolute atomic E-state index is 0.132. The summed E-state index contributed by atoms with van der Waals surface area (Å²) in [6, 6.07) is 12.2. The van der Waals surface area contributed by atoms with Crippen molar-refractivity contribution in [3.05, 3.63) is 64.4 Å². The molecule has 0 bridgehead atoms. The summed E-state index contributed by atoms with van der Waals surface area (Å²) in [5.74, 6) is -0.844. The summed E-state index contributed by atoms with van der Waals surface area (Å²) >= 11 is 3.36. The fourth-order valence-corrected chi connectivity index (χ4v) is 3.19. The summed E-state index contributed by atoms with van der Waals surface area (Å²) in [5.41, 5.74) is 1.31. The third-order valence-electron chi connectivity index (χ3n) is 4.15. The first-order valence-electron chi connectivity index (χ1n) is 8.24. The van der Waals surface area contributed by atoms with Crippen molar-refractivity contribution in [1.82, 2.24) is 4.90 Å². The van der Waals surface area contributed by atoms with Gasteiger partial charge in [0.05, 0.1) is 13.2 Å². The first kappa shape index (κ1) is 18.4. The fraction of sp³-hybridized carbons (Fsp3) is 0.263. The number of anilines is 1. The zero-order chi connectivity index (χ0) is 18.7. The van der Waals surface area contributed by atoms with Gasteiger partial charge in [0, 0.05) is 16.7 Å². The van der Waals surface area contributed by atoms with Crippen molar-refractivity contribution in [2.45, 2.75) is 19.5 Å². The van der Waals surface area contributed by atoms with Crippen LogP contribution in [0.2, 0.25) is 0 Å². The maximum absolute atomic E-state index is 13.5. The summed E-state index contributed by atoms with van der Waals surface area (Å²) in [7, 11) is 0. The van der Waals surface area contributed by atoms with E-state index < -0.39 is 12.0 Å². The number of rotatable bonds is 5. The smallest absolute Gasteiger partial charge is 0.330 e. The Hall–Kier alpha value is -2.41. The number of halogens is 2. The largest absolute Gasteiger partial charge is 0.464 e. The van der Waals surface area contributed by atoms with Crippen LogP contribution in [-0.4, -0.2) is 36.1 Å². The zero-order valence-corrected chi connectivity index (χ0v) is 15.8. The Balaban J connectivity index is 1.89. The number of carbonyl (C=O) groups is 2. The van der Waals surface area contributed by atoms with E-state index in [-0.39, 0.29) is 31.5 Å². The summed E-state index contributed by atoms with van der Waals surface area (Å²) in [6.07, 6.45) is 0. The molecule has 7 heteroatoms. The Bertz CT molecular complexity index is 813. The van der Waals surface area contributed by atoms with Gasteiger partial charge in [0.25, 0.3) is 0 Å². The molecule has 26 heavy (non-hydrogen) atoms. The Kier molecular flexibility index (Phi) is 5.56. The van der Waals surface area contributed by atoms with Gasteiger partial charge in [-0.25, -0.2) is 14.0 Å². The first-order valence-corrected chi connectivity index (χ1v) is 9.03. The predicted octanol–water partition coefficient (Wildman–Crippen LogP) is 3.96. The minimum atomic E-state index is -0.741. The van der Waals surface area contributed by atoms with Crippen LogP contribution in [0.15, 0.2) is 53.0 Å². The van der Waals surface area contributed by atoms with E-state index in [0.29, 0.717) is 11.3 Å². The fourth-order valence-electron chi connectivity index (χ4n) is 2.92. The molecule has 0 saturated carbocycles. The SMILES string of the molecule is CCOC(=O)C1CN(c2ccc(Br)cc2)C(=O)N1Cc1cccc(F)c1. The van der Waals surface area contributed by atoms with Crippen LogP contribution in [0.1, 0.15) is 12.5 Å². The van der Waals surface area contributed by atoms with Gasteiger partial charge in [-0.15, -0.1) is 0 Å². The maximum Gasteiger partial charge on any atom is 0.330 e. The van der Waals surface area contributed by atoms with E-state index in [4.69, 9.17) is 4.74 Å². The van der Waals surface area contributed by atoms with Gasteiger partial charge in [-0.3, -0.25) is 4.90 Å². The van der Waals surface area contributed by atoms with Gasteiger partial charge in [0.15, 0.2) is 0 Å². The van der Waals surface area contributed by atoms with E-state index in [1.807, 2.05) is 12.1 Å². The van der Waals surface area contributed by atoms with Crippen LogP contribution >= 0.6 is 15.9 Å². The van der Waals surface area contributed by atoms with Gasteiger partial charge in [0.1, 0.15) is 11.9 Å². The van der Waals surface area contributed by atoms with Gasteiger partial charge in [-0.1, -0.05) is 28.1 Å². The lowest BCUT2D eigenvalue weighted by Gasteiger charge is -2.22. The molecule has 2 aromatic rings. The Morgan fingerprint density at radius 2 is 2.00 bits per heavy atom. The molecule has 2 aromatic carbocycles. The third-order valence-corrected chi connectivity index (χ3v) is 4.68. The van der Waals surface area contributed by atoms with E-state index in [0.717, 1.165) is 4.47 Å². The van der Waals surface area contributed by atoms with Gasteiger partial charge >= 0.3 is 12.0 Å². The highest BCUT2D eigenvalue weighted by molar-refractivity contribution is 9.10. The molecule has 1 aliphatic rings. The van der Waals surface area contributed by atoms with Crippen LogP contribution in [0.5, 0.6) is 0 Å². The molecule has 0 aliphatic carbocycles. The molecule has 5 nitrogen and oxygen atoms in total. The average Bonchev–Trinajstić information content (AvgIpc) is 2.93. The lowest BCUT2D eigenvalue weighted by molar-refractivity contribution is -0.147. The average molecular weight is 421 g/mol. The van der Waals surface area contributed by atoms with Crippen LogP contribution in [0.4, 0.5) is 14.9 Å². The number of nitrogens with zero attached hydrogens (tertiary/aromatic N) is 2. The number of urea groups is 1. The standard InChI is InChI=1S/C19H18BrFN2O3/c1-2-26-18(24)17-12-22(16-8-6-14(20)7-9-16)19(25)23(17)11-13-4-3-5-15(21)10-13/h3-10,17H,2,11-12H2,1H3. The number of ether oxygens (including phenoxy) is 1. The highest BCUT2D eigenvalue weighted by atomic mass is 79.9. The van der Waals surface area contributed by atoms with Gasteiger partial charge in [0.2, 0.25) is 0 Å². The van der Waals surface area contributed by atoms with Crippen molar-refractivity contribution >= 4 is 33.6 Å². The highest BCUT2D eigenvalue weighted by Gasteiger charge is 2.42. The molecule has 1 fully saturated rings. The second-order valence-corrected chi connectivity index (χ2v) is 6.81. The van der Waals surface area contributed by atoms with Crippen molar-refractivity contribution in [3.63, 3.8) is 0 Å². The Labute approximate surface area is 159 Å². The zero-order valence-electron chi connectivity index (χ0n) is 14.2. The van der Waals surface area contributed by atoms with Gasteiger partial charge < -0.3 is 9.64 Å². The van der Waals surface area contributed by atoms with Crippen LogP contribution in [0.3, 0.4) is 0 Å². The molecular formula is C19H18BrFN2O3. The molecule has 1 aliphatic heterocycles. The summed E-state index contributed by atoms with van der Waals surface area (Å²) in [4.78, 5) is 28.3.